The number of fused-ring (bicyclic) bond motifs is 1. The minimum absolute atomic E-state index is 0.191. The fourth-order valence-corrected chi connectivity index (χ4v) is 1.61. The normalized spacial score (nSPS) is 10.7. The van der Waals surface area contributed by atoms with E-state index in [0.717, 1.165) is 0 Å². The van der Waals surface area contributed by atoms with Gasteiger partial charge in [0.2, 0.25) is 6.86 Å². The Bertz CT molecular complexity index is 472. The summed E-state index contributed by atoms with van der Waals surface area (Å²) in [5.74, 6) is 0.506. The van der Waals surface area contributed by atoms with Crippen molar-refractivity contribution in [1.82, 2.24) is 5.16 Å². The van der Waals surface area contributed by atoms with Crippen molar-refractivity contribution >= 4 is 32.7 Å². The fourth-order valence-electron chi connectivity index (χ4n) is 1.20. The van der Waals surface area contributed by atoms with Crippen LogP contribution in [0.3, 0.4) is 0 Å². The van der Waals surface area contributed by atoms with Crippen LogP contribution in [0.2, 0.25) is 0 Å². The van der Waals surface area contributed by atoms with Crippen molar-refractivity contribution in [3.05, 3.63) is 16.6 Å². The maximum Gasteiger partial charge on any atom is 0.228 e. The number of halogens is 2. The maximum atomic E-state index is 12.0. The highest BCUT2D eigenvalue weighted by Gasteiger charge is 2.12. The quantitative estimate of drug-likeness (QED) is 0.901. The summed E-state index contributed by atoms with van der Waals surface area (Å²) in [5, 5.41) is 4.05. The highest BCUT2D eigenvalue weighted by atomic mass is 79.9. The second-order valence-corrected chi connectivity index (χ2v) is 3.51. The summed E-state index contributed by atoms with van der Waals surface area (Å²) < 4.78 is 22.4. The highest BCUT2D eigenvalue weighted by Crippen LogP contribution is 2.33. The lowest BCUT2D eigenvalue weighted by Gasteiger charge is -2.02. The molecular weight excluding hydrogens is 255 g/mol. The van der Waals surface area contributed by atoms with Crippen molar-refractivity contribution in [2.45, 2.75) is 0 Å². The number of nitrogen functional groups attached to an aromatic ring is 1. The molecule has 0 aliphatic heterocycles. The molecule has 0 aliphatic carbocycles. The van der Waals surface area contributed by atoms with Crippen molar-refractivity contribution in [1.29, 1.82) is 0 Å². The van der Waals surface area contributed by atoms with Gasteiger partial charge in [-0.3, -0.25) is 0 Å². The first-order chi connectivity index (χ1) is 6.72. The molecule has 0 unspecified atom stereocenters. The minimum atomic E-state index is -0.920. The second-order valence-electron chi connectivity index (χ2n) is 2.60. The molecule has 0 radical (unpaired) electrons. The molecule has 1 heterocycles. The van der Waals surface area contributed by atoms with E-state index >= 15 is 0 Å². The molecule has 74 valence electrons. The number of nitrogens with two attached hydrogens (primary N) is 1. The number of alkyl halides is 1. The van der Waals surface area contributed by atoms with Crippen molar-refractivity contribution in [3.8, 4) is 5.75 Å². The third kappa shape index (κ3) is 1.41. The molecule has 6 heteroatoms. The SMILES string of the molecule is Nc1noc2cc(Br)cc(OCF)c12. The van der Waals surface area contributed by atoms with E-state index in [1.54, 1.807) is 12.1 Å². The van der Waals surface area contributed by atoms with Crippen LogP contribution in [0.4, 0.5) is 10.2 Å². The topological polar surface area (TPSA) is 61.3 Å². The number of benzene rings is 1. The summed E-state index contributed by atoms with van der Waals surface area (Å²) in [6, 6.07) is 3.29. The Labute approximate surface area is 86.9 Å². The minimum Gasteiger partial charge on any atom is -0.462 e. The predicted molar refractivity (Wildman–Crippen MR) is 52.7 cm³/mol. The van der Waals surface area contributed by atoms with E-state index < -0.39 is 6.86 Å². The largest absolute Gasteiger partial charge is 0.462 e. The van der Waals surface area contributed by atoms with Crippen molar-refractivity contribution in [2.24, 2.45) is 0 Å². The van der Waals surface area contributed by atoms with Gasteiger partial charge in [-0.1, -0.05) is 21.1 Å². The van der Waals surface area contributed by atoms with Gasteiger partial charge in [0.1, 0.15) is 11.1 Å². The Morgan fingerprint density at radius 1 is 1.57 bits per heavy atom. The van der Waals surface area contributed by atoms with Crippen LogP contribution in [0.15, 0.2) is 21.1 Å². The number of hydrogen-bond donors (Lipinski definition) is 1. The Kier molecular flexibility index (Phi) is 2.28. The van der Waals surface area contributed by atoms with Crippen LogP contribution in [0.5, 0.6) is 5.75 Å². The molecule has 2 rings (SSSR count). The summed E-state index contributed by atoms with van der Waals surface area (Å²) in [7, 11) is 0. The molecule has 0 fully saturated rings. The van der Waals surface area contributed by atoms with Gasteiger partial charge in [-0.15, -0.1) is 0 Å². The van der Waals surface area contributed by atoms with Gasteiger partial charge in [-0.25, -0.2) is 4.39 Å². The Morgan fingerprint density at radius 3 is 3.07 bits per heavy atom. The number of aromatic nitrogens is 1. The average Bonchev–Trinajstić information content (AvgIpc) is 2.48. The number of hydrogen-bond acceptors (Lipinski definition) is 4. The summed E-state index contributed by atoms with van der Waals surface area (Å²) >= 11 is 3.23. The average molecular weight is 261 g/mol. The van der Waals surface area contributed by atoms with Gasteiger partial charge in [0, 0.05) is 4.47 Å². The first kappa shape index (κ1) is 9.26. The first-order valence-corrected chi connectivity index (χ1v) is 4.55. The fraction of sp³-hybridized carbons (Fsp3) is 0.125. The number of nitrogens with zero attached hydrogens (tertiary/aromatic N) is 1. The molecule has 2 N–H and O–H groups in total. The predicted octanol–water partition coefficient (Wildman–Crippen LogP) is 2.48. The molecule has 0 atom stereocenters. The Morgan fingerprint density at radius 2 is 2.36 bits per heavy atom. The van der Waals surface area contributed by atoms with Gasteiger partial charge in [-0.05, 0) is 12.1 Å². The van der Waals surface area contributed by atoms with E-state index in [1.165, 1.54) is 0 Å². The van der Waals surface area contributed by atoms with E-state index in [1.807, 2.05) is 0 Å². The molecule has 1 aromatic carbocycles. The van der Waals surface area contributed by atoms with Crippen LogP contribution >= 0.6 is 15.9 Å². The summed E-state index contributed by atoms with van der Waals surface area (Å²) in [6.07, 6.45) is 0. The second kappa shape index (κ2) is 3.45. The van der Waals surface area contributed by atoms with E-state index in [0.29, 0.717) is 21.2 Å². The van der Waals surface area contributed by atoms with Crippen LogP contribution in [-0.2, 0) is 0 Å². The summed E-state index contributed by atoms with van der Waals surface area (Å²) in [5.41, 5.74) is 5.99. The van der Waals surface area contributed by atoms with Crippen molar-refractivity contribution in [2.75, 3.05) is 12.6 Å². The summed E-state index contributed by atoms with van der Waals surface area (Å²) in [6.45, 7) is -0.920. The van der Waals surface area contributed by atoms with Crippen LogP contribution in [0.1, 0.15) is 0 Å². The molecule has 14 heavy (non-hydrogen) atoms. The highest BCUT2D eigenvalue weighted by molar-refractivity contribution is 9.10. The Hall–Kier alpha value is -1.30. The van der Waals surface area contributed by atoms with E-state index in [9.17, 15) is 4.39 Å². The van der Waals surface area contributed by atoms with Crippen LogP contribution in [-0.4, -0.2) is 12.0 Å². The van der Waals surface area contributed by atoms with E-state index in [-0.39, 0.29) is 5.82 Å². The van der Waals surface area contributed by atoms with Gasteiger partial charge in [-0.2, -0.15) is 0 Å². The number of rotatable bonds is 2. The molecule has 1 aromatic heterocycles. The van der Waals surface area contributed by atoms with E-state index in [4.69, 9.17) is 15.0 Å². The van der Waals surface area contributed by atoms with Gasteiger partial charge in [0.15, 0.2) is 11.4 Å². The maximum absolute atomic E-state index is 12.0. The molecule has 2 aromatic rings. The van der Waals surface area contributed by atoms with Gasteiger partial charge in [0.25, 0.3) is 0 Å². The third-order valence-electron chi connectivity index (χ3n) is 1.74. The molecule has 0 amide bonds. The van der Waals surface area contributed by atoms with Gasteiger partial charge >= 0.3 is 0 Å². The third-order valence-corrected chi connectivity index (χ3v) is 2.20. The molecule has 0 saturated carbocycles. The lowest BCUT2D eigenvalue weighted by molar-refractivity contribution is 0.194. The van der Waals surface area contributed by atoms with Crippen LogP contribution in [0, 0.1) is 0 Å². The zero-order valence-corrected chi connectivity index (χ0v) is 8.54. The molecule has 0 spiro atoms. The summed E-state index contributed by atoms with van der Waals surface area (Å²) in [4.78, 5) is 0. The number of ether oxygens (including phenoxy) is 1. The Balaban J connectivity index is 2.70. The smallest absolute Gasteiger partial charge is 0.228 e. The van der Waals surface area contributed by atoms with Crippen LogP contribution in [0.25, 0.3) is 11.0 Å². The van der Waals surface area contributed by atoms with Crippen molar-refractivity contribution in [3.63, 3.8) is 0 Å². The molecule has 0 saturated heterocycles. The van der Waals surface area contributed by atoms with Gasteiger partial charge in [0.05, 0.1) is 0 Å². The van der Waals surface area contributed by atoms with Crippen molar-refractivity contribution < 1.29 is 13.7 Å². The zero-order chi connectivity index (χ0) is 10.1. The standard InChI is InChI=1S/C8H6BrFN2O2/c9-4-1-5(13-3-10)7-6(2-4)14-12-8(7)11/h1-2H,3H2,(H2,11,12). The van der Waals surface area contributed by atoms with Crippen LogP contribution < -0.4 is 10.5 Å². The molecule has 4 nitrogen and oxygen atoms in total. The van der Waals surface area contributed by atoms with E-state index in [2.05, 4.69) is 21.1 Å². The monoisotopic (exact) mass is 260 g/mol. The lowest BCUT2D eigenvalue weighted by atomic mass is 10.2. The molecular formula is C8H6BrFN2O2. The first-order valence-electron chi connectivity index (χ1n) is 3.75. The zero-order valence-electron chi connectivity index (χ0n) is 6.96. The van der Waals surface area contributed by atoms with Gasteiger partial charge < -0.3 is 15.0 Å². The molecule has 0 bridgehead atoms. The molecule has 0 aliphatic rings. The number of anilines is 1. The lowest BCUT2D eigenvalue weighted by Crippen LogP contribution is -1.92.